The van der Waals surface area contributed by atoms with Gasteiger partial charge in [0.1, 0.15) is 5.69 Å². The van der Waals surface area contributed by atoms with Crippen LogP contribution >= 0.6 is 0 Å². The number of hydrogen-bond donors (Lipinski definition) is 2. The molecule has 0 aromatic heterocycles. The molecule has 0 saturated carbocycles. The minimum atomic E-state index is -2.25. The summed E-state index contributed by atoms with van der Waals surface area (Å²) in [7, 11) is -2.25. The van der Waals surface area contributed by atoms with Crippen LogP contribution in [0.25, 0.3) is 0 Å². The Morgan fingerprint density at radius 1 is 0.950 bits per heavy atom. The highest BCUT2D eigenvalue weighted by Gasteiger charge is 2.40. The third kappa shape index (κ3) is 12.9. The molecule has 0 aliphatic heterocycles. The van der Waals surface area contributed by atoms with Crippen LogP contribution in [-0.2, 0) is 4.43 Å². The Hall–Kier alpha value is -2.30. The molecule has 0 radical (unpaired) electrons. The van der Waals surface area contributed by atoms with Crippen LogP contribution in [0.1, 0.15) is 105 Å². The van der Waals surface area contributed by atoms with Crippen LogP contribution in [0.2, 0.25) is 18.1 Å². The van der Waals surface area contributed by atoms with E-state index in [9.17, 15) is 25.3 Å². The first kappa shape index (κ1) is 35.7. The van der Waals surface area contributed by atoms with E-state index in [0.29, 0.717) is 0 Å². The number of non-ortho nitro benzene ring substituents is 1. The maximum atomic E-state index is 11.6. The molecule has 1 aromatic carbocycles. The van der Waals surface area contributed by atoms with Crippen molar-refractivity contribution in [3.8, 4) is 0 Å². The molecule has 2 N–H and O–H groups in total. The maximum Gasteiger partial charge on any atom is 0.299 e. The number of nitrogens with zero attached hydrogens (tertiary/aromatic N) is 2. The van der Waals surface area contributed by atoms with E-state index in [0.717, 1.165) is 18.9 Å². The summed E-state index contributed by atoms with van der Waals surface area (Å²) < 4.78 is 6.65. The summed E-state index contributed by atoms with van der Waals surface area (Å²) in [6.07, 6.45) is 18.5. The van der Waals surface area contributed by atoms with Crippen molar-refractivity contribution in [3.63, 3.8) is 0 Å². The van der Waals surface area contributed by atoms with Gasteiger partial charge >= 0.3 is 0 Å². The van der Waals surface area contributed by atoms with Gasteiger partial charge in [0.05, 0.1) is 34.7 Å². The normalized spacial score (nSPS) is 13.9. The summed E-state index contributed by atoms with van der Waals surface area (Å²) in [5, 5.41) is 36.0. The Kier molecular flexibility index (Phi) is 16.2. The van der Waals surface area contributed by atoms with Gasteiger partial charge in [-0.05, 0) is 37.0 Å². The molecule has 0 saturated heterocycles. The number of allylic oxidation sites excluding steroid dienone is 1. The van der Waals surface area contributed by atoms with E-state index in [2.05, 4.69) is 52.2 Å². The maximum absolute atomic E-state index is 11.6. The highest BCUT2D eigenvalue weighted by Crippen LogP contribution is 2.38. The van der Waals surface area contributed by atoms with Gasteiger partial charge in [-0.25, -0.2) is 0 Å². The molecule has 0 heterocycles. The third-order valence-corrected chi connectivity index (χ3v) is 12.3. The molecule has 0 amide bonds. The summed E-state index contributed by atoms with van der Waals surface area (Å²) in [5.74, 6) is 0. The van der Waals surface area contributed by atoms with Gasteiger partial charge in [-0.1, -0.05) is 104 Å². The molecule has 0 spiro atoms. The number of aliphatic hydroxyl groups excluding tert-OH is 1. The second-order valence-corrected chi connectivity index (χ2v) is 17.0. The van der Waals surface area contributed by atoms with Crippen LogP contribution in [0.4, 0.5) is 17.1 Å². The van der Waals surface area contributed by atoms with Crippen molar-refractivity contribution in [2.45, 2.75) is 135 Å². The molecule has 0 aliphatic rings. The Labute approximate surface area is 242 Å². The lowest BCUT2D eigenvalue weighted by Crippen LogP contribution is -2.49. The zero-order chi connectivity index (χ0) is 30.2. The molecule has 0 bridgehead atoms. The fourth-order valence-electron chi connectivity index (χ4n) is 4.27. The fourth-order valence-corrected chi connectivity index (χ4v) is 5.54. The van der Waals surface area contributed by atoms with Gasteiger partial charge in [0.2, 0.25) is 0 Å². The average Bonchev–Trinajstić information content (AvgIpc) is 2.88. The monoisotopic (exact) mass is 579 g/mol. The summed E-state index contributed by atoms with van der Waals surface area (Å²) in [4.78, 5) is 21.5. The van der Waals surface area contributed by atoms with Gasteiger partial charge in [-0.3, -0.25) is 20.2 Å². The van der Waals surface area contributed by atoms with E-state index < -0.39 is 36.0 Å². The minimum absolute atomic E-state index is 0.0749. The molecule has 1 aromatic rings. The molecule has 0 aliphatic carbocycles. The highest BCUT2D eigenvalue weighted by molar-refractivity contribution is 6.74. The van der Waals surface area contributed by atoms with Gasteiger partial charge < -0.3 is 14.8 Å². The zero-order valence-electron chi connectivity index (χ0n) is 25.6. The molecule has 40 heavy (non-hydrogen) atoms. The van der Waals surface area contributed by atoms with Crippen molar-refractivity contribution < 1.29 is 19.4 Å². The van der Waals surface area contributed by atoms with Crippen molar-refractivity contribution >= 4 is 25.4 Å². The predicted molar refractivity (Wildman–Crippen MR) is 167 cm³/mol. The van der Waals surface area contributed by atoms with Crippen LogP contribution in [-0.4, -0.2) is 42.0 Å². The molecule has 228 valence electrons. The first-order valence-corrected chi connectivity index (χ1v) is 17.9. The van der Waals surface area contributed by atoms with Gasteiger partial charge in [0.15, 0.2) is 8.32 Å². The molecule has 0 fully saturated rings. The highest BCUT2D eigenvalue weighted by atomic mass is 28.4. The summed E-state index contributed by atoms with van der Waals surface area (Å²) in [6, 6.07) is 2.80. The summed E-state index contributed by atoms with van der Waals surface area (Å²) in [6.45, 7) is 12.6. The number of hydrogen-bond acceptors (Lipinski definition) is 7. The van der Waals surface area contributed by atoms with Crippen LogP contribution in [0.3, 0.4) is 0 Å². The van der Waals surface area contributed by atoms with Crippen molar-refractivity contribution in [1.29, 1.82) is 0 Å². The quantitative estimate of drug-likeness (QED) is 0.0489. The molecule has 10 heteroatoms. The number of nitrogens with one attached hydrogen (secondary N) is 1. The Morgan fingerprint density at radius 3 is 1.98 bits per heavy atom. The van der Waals surface area contributed by atoms with Gasteiger partial charge in [0.25, 0.3) is 11.4 Å². The van der Waals surface area contributed by atoms with E-state index in [1.54, 1.807) is 0 Å². The van der Waals surface area contributed by atoms with E-state index in [1.807, 2.05) is 6.08 Å². The third-order valence-electron chi connectivity index (χ3n) is 7.86. The van der Waals surface area contributed by atoms with Crippen molar-refractivity contribution in [1.82, 2.24) is 0 Å². The summed E-state index contributed by atoms with van der Waals surface area (Å²) in [5.41, 5.74) is -0.667. The largest absolute Gasteiger partial charge is 0.408 e. The lowest BCUT2D eigenvalue weighted by Gasteiger charge is -2.40. The van der Waals surface area contributed by atoms with E-state index in [4.69, 9.17) is 4.43 Å². The smallest absolute Gasteiger partial charge is 0.299 e. The number of nitro benzene ring substituents is 2. The number of rotatable bonds is 21. The van der Waals surface area contributed by atoms with Crippen LogP contribution in [0.15, 0.2) is 30.4 Å². The number of unbranched alkanes of at least 4 members (excludes halogenated alkanes) is 11. The van der Waals surface area contributed by atoms with Crippen molar-refractivity contribution in [3.05, 3.63) is 50.6 Å². The van der Waals surface area contributed by atoms with Gasteiger partial charge in [-0.2, -0.15) is 0 Å². The standard InChI is InChI=1S/C30H53N3O6Si/c1-7-8-9-10-11-12-13-14-15-16-17-18-19-20-29(39-40(5,6)30(2,3)4)27(24-34)31-26-22-21-25(32(35)36)23-28(26)33(37)38/h19-23,27,29,31,34H,7-18,24H2,1-6H3/b20-19+/t27-,29+/m0/s1. The van der Waals surface area contributed by atoms with Gasteiger partial charge in [0, 0.05) is 6.07 Å². The number of aliphatic hydroxyl groups is 1. The van der Waals surface area contributed by atoms with Gasteiger partial charge in [-0.15, -0.1) is 0 Å². The molecular formula is C30H53N3O6Si. The van der Waals surface area contributed by atoms with Crippen LogP contribution < -0.4 is 5.32 Å². The number of benzene rings is 1. The van der Waals surface area contributed by atoms with E-state index in [-0.39, 0.29) is 23.0 Å². The molecular weight excluding hydrogens is 526 g/mol. The zero-order valence-corrected chi connectivity index (χ0v) is 26.6. The van der Waals surface area contributed by atoms with Crippen molar-refractivity contribution in [2.24, 2.45) is 0 Å². The first-order chi connectivity index (χ1) is 18.8. The Bertz CT molecular complexity index is 933. The average molecular weight is 580 g/mol. The SMILES string of the molecule is CCCCCCCCCCCCC/C=C/[C@@H](O[Si](C)(C)C(C)(C)C)[C@H](CO)Nc1ccc([N+](=O)[O-])cc1[N+](=O)[O-]. The minimum Gasteiger partial charge on any atom is -0.408 e. The lowest BCUT2D eigenvalue weighted by molar-refractivity contribution is -0.393. The van der Waals surface area contributed by atoms with E-state index in [1.165, 1.54) is 76.3 Å². The second-order valence-electron chi connectivity index (χ2n) is 12.2. The van der Waals surface area contributed by atoms with Crippen LogP contribution in [0.5, 0.6) is 0 Å². The lowest BCUT2D eigenvalue weighted by atomic mass is 10.0. The number of anilines is 1. The van der Waals surface area contributed by atoms with Crippen LogP contribution in [0, 0.1) is 20.2 Å². The Morgan fingerprint density at radius 2 is 1.50 bits per heavy atom. The Balaban J connectivity index is 2.83. The topological polar surface area (TPSA) is 128 Å². The molecule has 1 rings (SSSR count). The van der Waals surface area contributed by atoms with Crippen molar-refractivity contribution in [2.75, 3.05) is 11.9 Å². The van der Waals surface area contributed by atoms with E-state index >= 15 is 0 Å². The second kappa shape index (κ2) is 18.2. The molecule has 9 nitrogen and oxygen atoms in total. The predicted octanol–water partition coefficient (Wildman–Crippen LogP) is 8.92. The number of nitro groups is 2. The first-order valence-electron chi connectivity index (χ1n) is 15.0. The molecule has 0 unspecified atom stereocenters. The summed E-state index contributed by atoms with van der Waals surface area (Å²) >= 11 is 0. The fraction of sp³-hybridized carbons (Fsp3) is 0.733. The molecule has 2 atom stereocenters.